The van der Waals surface area contributed by atoms with Crippen LogP contribution in [0, 0.1) is 5.92 Å². The Kier molecular flexibility index (Phi) is 5.74. The molecule has 1 aliphatic carbocycles. The number of anilines is 1. The molecule has 0 aromatic heterocycles. The lowest BCUT2D eigenvalue weighted by Gasteiger charge is -2.42. The molecule has 6 rings (SSSR count). The van der Waals surface area contributed by atoms with Gasteiger partial charge in [-0.25, -0.2) is 0 Å². The summed E-state index contributed by atoms with van der Waals surface area (Å²) < 4.78 is 0. The molecular weight excluding hydrogens is 460 g/mol. The number of rotatable bonds is 5. The molecule has 188 valence electrons. The molecule has 3 aromatic carbocycles. The van der Waals surface area contributed by atoms with Crippen LogP contribution >= 0.6 is 0 Å². The van der Waals surface area contributed by atoms with Crippen LogP contribution in [0.25, 0.3) is 0 Å². The molecule has 0 unspecified atom stereocenters. The standard InChI is InChI=1S/C32H32N2O3/c1-3-34-20(2)26(21-9-5-4-6-10-21)16-24(30(34)36)17-29(35)22-13-14-23-18-32(19-25(23)15-22)27-11-7-8-12-28(27)33-31(32)37/h4-15,20,24,26H,3,16-19H2,1-2H3,(H,33,37)/t20-,24-,26-,32-/m1/s1. The number of ketones is 1. The van der Waals surface area contributed by atoms with E-state index in [2.05, 4.69) is 24.4 Å². The molecule has 1 fully saturated rings. The lowest BCUT2D eigenvalue weighted by atomic mass is 9.77. The van der Waals surface area contributed by atoms with Crippen LogP contribution in [0.4, 0.5) is 5.69 Å². The molecule has 1 spiro atoms. The zero-order valence-corrected chi connectivity index (χ0v) is 21.4. The van der Waals surface area contributed by atoms with Gasteiger partial charge in [0.2, 0.25) is 11.8 Å². The van der Waals surface area contributed by atoms with Gasteiger partial charge in [-0.05, 0) is 67.5 Å². The van der Waals surface area contributed by atoms with Gasteiger partial charge in [-0.1, -0.05) is 60.7 Å². The minimum atomic E-state index is -0.597. The highest BCUT2D eigenvalue weighted by Crippen LogP contribution is 2.47. The highest BCUT2D eigenvalue weighted by Gasteiger charge is 2.50. The maximum absolute atomic E-state index is 13.5. The molecule has 3 aliphatic rings. The van der Waals surface area contributed by atoms with Crippen LogP contribution in [0.5, 0.6) is 0 Å². The van der Waals surface area contributed by atoms with Crippen molar-refractivity contribution in [2.24, 2.45) is 5.92 Å². The summed E-state index contributed by atoms with van der Waals surface area (Å²) in [7, 11) is 0. The van der Waals surface area contributed by atoms with Crippen LogP contribution in [0.15, 0.2) is 72.8 Å². The quantitative estimate of drug-likeness (QED) is 0.492. The molecule has 2 heterocycles. The number of nitrogens with zero attached hydrogens (tertiary/aromatic N) is 1. The lowest BCUT2D eigenvalue weighted by Crippen LogP contribution is -2.50. The number of likely N-dealkylation sites (tertiary alicyclic amines) is 1. The summed E-state index contributed by atoms with van der Waals surface area (Å²) in [6, 6.07) is 24.2. The van der Waals surface area contributed by atoms with Gasteiger partial charge in [0.15, 0.2) is 5.78 Å². The van der Waals surface area contributed by atoms with Crippen molar-refractivity contribution >= 4 is 23.3 Å². The summed E-state index contributed by atoms with van der Waals surface area (Å²) in [6.45, 7) is 4.76. The third-order valence-corrected chi connectivity index (χ3v) is 8.88. The van der Waals surface area contributed by atoms with Gasteiger partial charge in [0.1, 0.15) is 0 Å². The number of hydrogen-bond acceptors (Lipinski definition) is 3. The molecule has 3 aromatic rings. The van der Waals surface area contributed by atoms with Gasteiger partial charge in [-0.15, -0.1) is 0 Å². The van der Waals surface area contributed by atoms with E-state index in [4.69, 9.17) is 0 Å². The number of Topliss-reactive ketones (excluding diaryl/α,β-unsaturated/α-hetero) is 1. The molecule has 1 N–H and O–H groups in total. The summed E-state index contributed by atoms with van der Waals surface area (Å²) in [5, 5.41) is 3.04. The van der Waals surface area contributed by atoms with Gasteiger partial charge in [-0.2, -0.15) is 0 Å². The number of para-hydroxylation sites is 1. The van der Waals surface area contributed by atoms with Gasteiger partial charge in [0.25, 0.3) is 0 Å². The normalized spacial score (nSPS) is 26.2. The highest BCUT2D eigenvalue weighted by molar-refractivity contribution is 6.07. The minimum absolute atomic E-state index is 0.00390. The maximum atomic E-state index is 13.5. The van der Waals surface area contributed by atoms with Crippen molar-refractivity contribution in [1.29, 1.82) is 0 Å². The predicted molar refractivity (Wildman–Crippen MR) is 144 cm³/mol. The lowest BCUT2D eigenvalue weighted by molar-refractivity contribution is -0.142. The number of carbonyl (C=O) groups is 3. The van der Waals surface area contributed by atoms with Crippen LogP contribution in [-0.2, 0) is 27.8 Å². The molecule has 5 nitrogen and oxygen atoms in total. The monoisotopic (exact) mass is 492 g/mol. The Balaban J connectivity index is 1.23. The summed E-state index contributed by atoms with van der Waals surface area (Å²) >= 11 is 0. The van der Waals surface area contributed by atoms with Crippen molar-refractivity contribution in [1.82, 2.24) is 4.90 Å². The molecule has 0 saturated carbocycles. The Labute approximate surface area is 217 Å². The highest BCUT2D eigenvalue weighted by atomic mass is 16.2. The Morgan fingerprint density at radius 3 is 2.49 bits per heavy atom. The molecule has 4 atom stereocenters. The van der Waals surface area contributed by atoms with E-state index < -0.39 is 5.41 Å². The Morgan fingerprint density at radius 2 is 1.70 bits per heavy atom. The van der Waals surface area contributed by atoms with Crippen molar-refractivity contribution < 1.29 is 14.4 Å². The number of fused-ring (bicyclic) bond motifs is 3. The fourth-order valence-corrected chi connectivity index (χ4v) is 6.90. The number of nitrogens with one attached hydrogen (secondary N) is 1. The van der Waals surface area contributed by atoms with E-state index in [1.165, 1.54) is 5.56 Å². The number of hydrogen-bond donors (Lipinski definition) is 1. The molecule has 37 heavy (non-hydrogen) atoms. The second-order valence-electron chi connectivity index (χ2n) is 10.9. The molecule has 2 aliphatic heterocycles. The van der Waals surface area contributed by atoms with Gasteiger partial charge < -0.3 is 10.2 Å². The fraction of sp³-hybridized carbons (Fsp3) is 0.344. The second-order valence-corrected chi connectivity index (χ2v) is 10.9. The van der Waals surface area contributed by atoms with E-state index >= 15 is 0 Å². The molecular formula is C32H32N2O3. The first-order valence-corrected chi connectivity index (χ1v) is 13.3. The number of likely N-dealkylation sites (N-methyl/N-ethyl adjacent to an activating group) is 1. The van der Waals surface area contributed by atoms with Gasteiger partial charge in [0.05, 0.1) is 5.41 Å². The Hall–Kier alpha value is -3.73. The summed E-state index contributed by atoms with van der Waals surface area (Å²) in [5.74, 6) is -0.0182. The summed E-state index contributed by atoms with van der Waals surface area (Å²) in [6.07, 6.45) is 2.12. The number of carbonyl (C=O) groups excluding carboxylic acids is 3. The third kappa shape index (κ3) is 3.79. The first kappa shape index (κ1) is 23.7. The summed E-state index contributed by atoms with van der Waals surface area (Å²) in [4.78, 5) is 41.8. The fourth-order valence-electron chi connectivity index (χ4n) is 6.90. The number of piperidine rings is 1. The number of amides is 2. The van der Waals surface area contributed by atoms with Crippen LogP contribution < -0.4 is 5.32 Å². The van der Waals surface area contributed by atoms with Crippen molar-refractivity contribution in [3.05, 3.63) is 101 Å². The van der Waals surface area contributed by atoms with E-state index in [0.717, 1.165) is 22.4 Å². The van der Waals surface area contributed by atoms with E-state index in [0.29, 0.717) is 31.4 Å². The molecule has 1 saturated heterocycles. The Morgan fingerprint density at radius 1 is 0.973 bits per heavy atom. The minimum Gasteiger partial charge on any atom is -0.339 e. The second kappa shape index (κ2) is 8.98. The van der Waals surface area contributed by atoms with Crippen LogP contribution in [0.2, 0.25) is 0 Å². The van der Waals surface area contributed by atoms with Crippen molar-refractivity contribution in [2.75, 3.05) is 11.9 Å². The zero-order valence-electron chi connectivity index (χ0n) is 21.4. The number of benzene rings is 3. The van der Waals surface area contributed by atoms with E-state index in [-0.39, 0.29) is 41.9 Å². The molecule has 0 radical (unpaired) electrons. The van der Waals surface area contributed by atoms with Crippen molar-refractivity contribution in [2.45, 2.75) is 56.9 Å². The average Bonchev–Trinajstić information content (AvgIpc) is 3.43. The molecule has 2 amide bonds. The SMILES string of the molecule is CCN1C(=O)[C@@H](CC(=O)c2ccc3c(c2)C[C@@]2(C3)C(=O)Nc3ccccc32)C[C@@H](c2ccccc2)[C@H]1C. The first-order chi connectivity index (χ1) is 17.9. The van der Waals surface area contributed by atoms with Crippen LogP contribution in [0.1, 0.15) is 65.2 Å². The Bertz CT molecular complexity index is 1400. The van der Waals surface area contributed by atoms with Crippen LogP contribution in [-0.4, -0.2) is 35.1 Å². The zero-order chi connectivity index (χ0) is 25.7. The van der Waals surface area contributed by atoms with Crippen molar-refractivity contribution in [3.63, 3.8) is 0 Å². The molecule has 5 heteroatoms. The molecule has 0 bridgehead atoms. The van der Waals surface area contributed by atoms with Crippen LogP contribution in [0.3, 0.4) is 0 Å². The maximum Gasteiger partial charge on any atom is 0.235 e. The smallest absolute Gasteiger partial charge is 0.235 e. The predicted octanol–water partition coefficient (Wildman–Crippen LogP) is 5.29. The first-order valence-electron chi connectivity index (χ1n) is 13.3. The van der Waals surface area contributed by atoms with Gasteiger partial charge in [-0.3, -0.25) is 14.4 Å². The van der Waals surface area contributed by atoms with Crippen molar-refractivity contribution in [3.8, 4) is 0 Å². The van der Waals surface area contributed by atoms with Gasteiger partial charge >= 0.3 is 0 Å². The topological polar surface area (TPSA) is 66.5 Å². The van der Waals surface area contributed by atoms with Gasteiger partial charge in [0, 0.05) is 42.1 Å². The largest absolute Gasteiger partial charge is 0.339 e. The third-order valence-electron chi connectivity index (χ3n) is 8.88. The summed E-state index contributed by atoms with van der Waals surface area (Å²) in [5.41, 5.74) is 5.35. The van der Waals surface area contributed by atoms with E-state index in [1.54, 1.807) is 0 Å². The van der Waals surface area contributed by atoms with E-state index in [9.17, 15) is 14.4 Å². The van der Waals surface area contributed by atoms with E-state index in [1.807, 2.05) is 72.5 Å². The average molecular weight is 493 g/mol.